The van der Waals surface area contributed by atoms with Gasteiger partial charge in [0.2, 0.25) is 7.16 Å². The zero-order chi connectivity index (χ0) is 19.6. The van der Waals surface area contributed by atoms with Crippen LogP contribution in [-0.2, 0) is 4.79 Å². The van der Waals surface area contributed by atoms with Gasteiger partial charge in [-0.3, -0.25) is 4.79 Å². The van der Waals surface area contributed by atoms with Gasteiger partial charge in [0.25, 0.3) is 0 Å². The lowest BCUT2D eigenvalue weighted by atomic mass is 10.1. The van der Waals surface area contributed by atoms with Crippen LogP contribution < -0.4 is 0 Å². The van der Waals surface area contributed by atoms with Crippen LogP contribution in [0.5, 0.6) is 0 Å². The van der Waals surface area contributed by atoms with Crippen molar-refractivity contribution in [2.24, 2.45) is 0 Å². The number of rotatable bonds is 10. The normalized spacial score (nSPS) is 42.7. The molecule has 6 nitrogen and oxygen atoms in total. The van der Waals surface area contributed by atoms with Crippen LogP contribution >= 0.6 is 0 Å². The van der Waals surface area contributed by atoms with Crippen molar-refractivity contribution in [2.75, 3.05) is 13.1 Å². The molecule has 72 valence electrons. The Morgan fingerprint density at radius 3 is 2.75 bits per heavy atom. The second kappa shape index (κ2) is 5.18. The average molecular weight is 192 g/mol. The van der Waals surface area contributed by atoms with Gasteiger partial charge in [0.1, 0.15) is 18.2 Å². The predicted molar refractivity (Wildman–Crippen MR) is 37.2 cm³/mol. The number of carbonyl (C=O) groups excluding carboxylic acids is 1. The van der Waals surface area contributed by atoms with Crippen LogP contribution in [0.1, 0.15) is 9.60 Å². The lowest BCUT2D eigenvalue weighted by Gasteiger charge is -2.16. The van der Waals surface area contributed by atoms with Gasteiger partial charge in [-0.1, -0.05) is 0 Å². The Morgan fingerprint density at radius 1 is 1.42 bits per heavy atom. The highest BCUT2D eigenvalue weighted by Crippen LogP contribution is 1.98. The third kappa shape index (κ3) is 2.84. The van der Waals surface area contributed by atoms with Gasteiger partial charge in [-0.15, -0.1) is 0 Å². The van der Waals surface area contributed by atoms with Crippen LogP contribution in [0.15, 0.2) is 0 Å². The topological polar surface area (TPSA) is 118 Å². The summed E-state index contributed by atoms with van der Waals surface area (Å²) in [6, 6.07) is 0. The van der Waals surface area contributed by atoms with Gasteiger partial charge >= 0.3 is 0 Å². The fourth-order valence-electron chi connectivity index (χ4n) is 0.299. The molecule has 0 radical (unpaired) electrons. The molecule has 0 unspecified atom stereocenters. The zero-order valence-electron chi connectivity index (χ0n) is 17.4. The number of ketones is 1. The molecule has 0 fully saturated rings. The molecule has 0 bridgehead atoms. The Morgan fingerprint density at radius 2 is 2.25 bits per heavy atom. The summed E-state index contributed by atoms with van der Waals surface area (Å²) in [4.78, 5) is 12.3. The highest BCUT2D eigenvalue weighted by Gasteiger charge is 2.28. The highest BCUT2D eigenvalue weighted by atomic mass is 16.4. The minimum Gasteiger partial charge on any atom is -0.394 e. The molecule has 6 heteroatoms. The maximum Gasteiger partial charge on any atom is 0.211 e. The molecule has 0 aliphatic heterocycles. The summed E-state index contributed by atoms with van der Waals surface area (Å²) >= 11 is 0. The molecule has 0 aliphatic rings. The van der Waals surface area contributed by atoms with E-state index in [0.717, 1.165) is 0 Å². The summed E-state index contributed by atoms with van der Waals surface area (Å²) in [5.74, 6) is -2.46. The van der Waals surface area contributed by atoms with Gasteiger partial charge in [0.05, 0.1) is 22.7 Å². The van der Waals surface area contributed by atoms with Crippen LogP contribution in [0.3, 0.4) is 0 Å². The van der Waals surface area contributed by atoms with Crippen LogP contribution in [0.2, 0.25) is 0 Å². The molecule has 12 heavy (non-hydrogen) atoms. The fourth-order valence-corrected chi connectivity index (χ4v) is 0.299. The summed E-state index contributed by atoms with van der Waals surface area (Å²) in [7, 11) is 0. The first-order valence-corrected chi connectivity index (χ1v) is 2.47. The Labute approximate surface area is 86.0 Å². The summed E-state index contributed by atoms with van der Waals surface area (Å²) in [5, 5.41) is 17.6. The first kappa shape index (κ1) is 2.49. The van der Waals surface area contributed by atoms with Gasteiger partial charge < -0.3 is 25.5 Å². The summed E-state index contributed by atoms with van der Waals surface area (Å²) in [6.45, 7) is -7.54. The molecule has 0 saturated carbocycles. The second-order valence-electron chi connectivity index (χ2n) is 1.52. The third-order valence-corrected chi connectivity index (χ3v) is 0.804. The molecular formula is C6H12O6. The van der Waals surface area contributed by atoms with Gasteiger partial charge in [-0.2, -0.15) is 0 Å². The summed E-state index contributed by atoms with van der Waals surface area (Å²) in [6.07, 6.45) is -12.0. The molecule has 3 atom stereocenters. The minimum absolute atomic E-state index is 2.46. The number of hydrogen-bond acceptors (Lipinski definition) is 6. The summed E-state index contributed by atoms with van der Waals surface area (Å²) in [5.41, 5.74) is 0. The highest BCUT2D eigenvalue weighted by molar-refractivity contribution is 5.87. The molecule has 0 rings (SSSR count). The van der Waals surface area contributed by atoms with Crippen LogP contribution in [-0.4, -0.2) is 69.8 Å². The van der Waals surface area contributed by atoms with E-state index in [1.54, 1.807) is 0 Å². The van der Waals surface area contributed by atoms with Crippen molar-refractivity contribution in [3.63, 3.8) is 0 Å². The molecule has 0 heterocycles. The van der Waals surface area contributed by atoms with Crippen molar-refractivity contribution in [1.29, 1.82) is 7.16 Å². The Kier molecular flexibility index (Phi) is 1.07. The smallest absolute Gasteiger partial charge is 0.211 e. The fraction of sp³-hybridized carbons (Fsp3) is 0.833. The maximum absolute atomic E-state index is 12.3. The molecule has 0 amide bonds. The van der Waals surface area contributed by atoms with E-state index < -0.39 is 37.1 Å². The van der Waals surface area contributed by atoms with Crippen molar-refractivity contribution in [3.8, 4) is 0 Å². The zero-order valence-corrected chi connectivity index (χ0v) is 5.45. The van der Waals surface area contributed by atoms with E-state index in [1.165, 1.54) is 0 Å². The monoisotopic (exact) mass is 192 g/mol. The SMILES string of the molecule is [2H]OC([2H])([2H])[C@]([2H])(O[2H])C(=O)[C@]([2H])(O[2H])[C@]([2H])(O[2H])C([2H])([2H])O[2H]. The molecule has 0 aliphatic carbocycles. The quantitative estimate of drug-likeness (QED) is 0.246. The van der Waals surface area contributed by atoms with E-state index >= 15 is 0 Å². The van der Waals surface area contributed by atoms with E-state index in [1.807, 2.05) is 0 Å². The van der Waals surface area contributed by atoms with Crippen molar-refractivity contribution in [3.05, 3.63) is 0 Å². The van der Waals surface area contributed by atoms with E-state index in [0.29, 0.717) is 0 Å². The molecule has 5 N–H and O–H groups in total. The maximum atomic E-state index is 12.3. The van der Waals surface area contributed by atoms with Gasteiger partial charge in [-0.25, -0.2) is 0 Å². The first-order valence-electron chi connectivity index (χ1n) is 8.02. The molecule has 0 aromatic rings. The number of hydrogen-bond donors (Lipinski definition) is 5. The van der Waals surface area contributed by atoms with E-state index in [9.17, 15) is 4.79 Å². The molecule has 0 saturated heterocycles. The lowest BCUT2D eigenvalue weighted by molar-refractivity contribution is -0.144. The van der Waals surface area contributed by atoms with E-state index in [-0.39, 0.29) is 0 Å². The van der Waals surface area contributed by atoms with Crippen LogP contribution in [0.4, 0.5) is 0 Å². The molecular weight excluding hydrogens is 168 g/mol. The third-order valence-electron chi connectivity index (χ3n) is 0.804. The van der Waals surface area contributed by atoms with Gasteiger partial charge in [-0.05, 0) is 0 Å². The Balaban J connectivity index is 6.45. The summed E-state index contributed by atoms with van der Waals surface area (Å²) < 4.78 is 84.5. The lowest BCUT2D eigenvalue weighted by Crippen LogP contribution is -2.43. The van der Waals surface area contributed by atoms with Gasteiger partial charge in [0, 0.05) is 0 Å². The predicted octanol–water partition coefficient (Wildman–Crippen LogP) is -3.38. The van der Waals surface area contributed by atoms with Crippen LogP contribution in [0.25, 0.3) is 0 Å². The van der Waals surface area contributed by atoms with Crippen molar-refractivity contribution >= 4 is 5.78 Å². The second-order valence-corrected chi connectivity index (χ2v) is 1.52. The molecule has 0 aromatic carbocycles. The standard InChI is InChI=1S/C6H12O6/c7-1-3(9)5(11)6(12)4(10)2-8/h3-5,7-11H,1-2H2/t3-,4+,5-/m1/s1/i1D2,2D2,3D,4D,5D,7D,8D,9D,10D,11D. The first-order chi connectivity index (χ1) is 10.7. The Hall–Kier alpha value is -0.530. The molecule has 0 aromatic heterocycles. The van der Waals surface area contributed by atoms with Gasteiger partial charge in [0.15, 0.2) is 5.78 Å². The number of carbonyl (C=O) groups is 1. The Bertz CT molecular complexity index is 463. The largest absolute Gasteiger partial charge is 0.394 e. The van der Waals surface area contributed by atoms with E-state index in [4.69, 9.17) is 16.8 Å². The minimum atomic E-state index is -4.09. The average Bonchev–Trinajstić information content (AvgIpc) is 2.57. The van der Waals surface area contributed by atoms with Crippen molar-refractivity contribution in [1.82, 2.24) is 0 Å². The van der Waals surface area contributed by atoms with E-state index in [2.05, 4.69) is 25.5 Å². The van der Waals surface area contributed by atoms with Crippen molar-refractivity contribution < 1.29 is 39.9 Å². The number of aliphatic hydroxyl groups is 5. The van der Waals surface area contributed by atoms with Crippen molar-refractivity contribution in [2.45, 2.75) is 18.2 Å². The number of Topliss-reactive ketones (excluding diaryl/α,β-unsaturated/α-hetero) is 1. The van der Waals surface area contributed by atoms with Crippen LogP contribution in [0, 0.1) is 0 Å². The molecule has 0 spiro atoms.